The van der Waals surface area contributed by atoms with E-state index in [1.807, 2.05) is 6.92 Å². The molecule has 0 amide bonds. The van der Waals surface area contributed by atoms with E-state index in [9.17, 15) is 0 Å². The van der Waals surface area contributed by atoms with Crippen LogP contribution >= 0.6 is 0 Å². The molecule has 1 fully saturated rings. The van der Waals surface area contributed by atoms with Gasteiger partial charge in [0.25, 0.3) is 0 Å². The molecule has 0 aromatic heterocycles. The molecular formula is C14H31N5O. The lowest BCUT2D eigenvalue weighted by atomic mass is 10.1. The lowest BCUT2D eigenvalue weighted by Crippen LogP contribution is -2.50. The molecule has 0 atom stereocenters. The smallest absolute Gasteiger partial charge is 0.205 e. The lowest BCUT2D eigenvalue weighted by molar-refractivity contribution is 0.146. The highest BCUT2D eigenvalue weighted by molar-refractivity contribution is 5.79. The lowest BCUT2D eigenvalue weighted by Gasteiger charge is -2.32. The fourth-order valence-corrected chi connectivity index (χ4v) is 2.45. The summed E-state index contributed by atoms with van der Waals surface area (Å²) in [6.07, 6.45) is 4.46. The SMILES string of the molecule is CCCN1CCC(NC(=NCCCOCC)NN)CC1. The van der Waals surface area contributed by atoms with Gasteiger partial charge in [0.15, 0.2) is 0 Å². The molecular weight excluding hydrogens is 254 g/mol. The monoisotopic (exact) mass is 285 g/mol. The van der Waals surface area contributed by atoms with Gasteiger partial charge in [0.05, 0.1) is 0 Å². The van der Waals surface area contributed by atoms with Crippen LogP contribution in [-0.2, 0) is 4.74 Å². The number of rotatable bonds is 8. The maximum Gasteiger partial charge on any atom is 0.205 e. The summed E-state index contributed by atoms with van der Waals surface area (Å²) in [6, 6.07) is 0.477. The third kappa shape index (κ3) is 7.07. The summed E-state index contributed by atoms with van der Waals surface area (Å²) < 4.78 is 5.29. The first-order chi connectivity index (χ1) is 9.80. The molecule has 0 radical (unpaired) electrons. The second kappa shape index (κ2) is 10.9. The van der Waals surface area contributed by atoms with Gasteiger partial charge in [-0.1, -0.05) is 6.92 Å². The van der Waals surface area contributed by atoms with Gasteiger partial charge in [-0.2, -0.15) is 0 Å². The molecule has 1 saturated heterocycles. The number of likely N-dealkylation sites (tertiary alicyclic amines) is 1. The van der Waals surface area contributed by atoms with Crippen molar-refractivity contribution in [2.45, 2.75) is 45.6 Å². The molecule has 1 heterocycles. The predicted octanol–water partition coefficient (Wildman–Crippen LogP) is 0.696. The Hall–Kier alpha value is -0.850. The van der Waals surface area contributed by atoms with Crippen molar-refractivity contribution in [3.8, 4) is 0 Å². The van der Waals surface area contributed by atoms with Gasteiger partial charge in [-0.3, -0.25) is 10.4 Å². The normalized spacial score (nSPS) is 18.2. The van der Waals surface area contributed by atoms with E-state index in [4.69, 9.17) is 10.6 Å². The van der Waals surface area contributed by atoms with Crippen molar-refractivity contribution in [1.29, 1.82) is 0 Å². The molecule has 6 nitrogen and oxygen atoms in total. The van der Waals surface area contributed by atoms with E-state index in [-0.39, 0.29) is 0 Å². The fourth-order valence-electron chi connectivity index (χ4n) is 2.45. The molecule has 0 aromatic rings. The van der Waals surface area contributed by atoms with Gasteiger partial charge < -0.3 is 15.0 Å². The van der Waals surface area contributed by atoms with Crippen LogP contribution in [0, 0.1) is 0 Å². The van der Waals surface area contributed by atoms with Crippen molar-refractivity contribution in [3.05, 3.63) is 0 Å². The largest absolute Gasteiger partial charge is 0.382 e. The number of hydrogen-bond donors (Lipinski definition) is 3. The Kier molecular flexibility index (Phi) is 9.36. The van der Waals surface area contributed by atoms with E-state index in [0.29, 0.717) is 12.0 Å². The van der Waals surface area contributed by atoms with Crippen LogP contribution in [0.1, 0.15) is 39.5 Å². The highest BCUT2D eigenvalue weighted by Crippen LogP contribution is 2.10. The average molecular weight is 285 g/mol. The van der Waals surface area contributed by atoms with Crippen LogP contribution in [0.3, 0.4) is 0 Å². The average Bonchev–Trinajstić information content (AvgIpc) is 2.48. The topological polar surface area (TPSA) is 74.9 Å². The number of nitrogens with two attached hydrogens (primary N) is 1. The van der Waals surface area contributed by atoms with E-state index in [1.54, 1.807) is 0 Å². The molecule has 1 aliphatic rings. The van der Waals surface area contributed by atoms with E-state index >= 15 is 0 Å². The highest BCUT2D eigenvalue weighted by atomic mass is 16.5. The zero-order valence-corrected chi connectivity index (χ0v) is 13.0. The third-order valence-corrected chi connectivity index (χ3v) is 3.53. The van der Waals surface area contributed by atoms with E-state index in [1.165, 1.54) is 13.0 Å². The Bertz CT molecular complexity index is 264. The molecule has 0 aliphatic carbocycles. The molecule has 20 heavy (non-hydrogen) atoms. The molecule has 0 bridgehead atoms. The van der Waals surface area contributed by atoms with Crippen molar-refractivity contribution in [2.75, 3.05) is 39.4 Å². The first-order valence-electron chi connectivity index (χ1n) is 7.87. The predicted molar refractivity (Wildman–Crippen MR) is 83.6 cm³/mol. The van der Waals surface area contributed by atoms with Gasteiger partial charge in [-0.15, -0.1) is 0 Å². The Balaban J connectivity index is 2.21. The van der Waals surface area contributed by atoms with Crippen LogP contribution in [0.15, 0.2) is 4.99 Å². The van der Waals surface area contributed by atoms with Gasteiger partial charge in [0, 0.05) is 38.9 Å². The molecule has 0 spiro atoms. The van der Waals surface area contributed by atoms with Crippen LogP contribution in [0.2, 0.25) is 0 Å². The molecule has 4 N–H and O–H groups in total. The van der Waals surface area contributed by atoms with Crippen molar-refractivity contribution < 1.29 is 4.74 Å². The van der Waals surface area contributed by atoms with E-state index in [2.05, 4.69) is 27.6 Å². The van der Waals surface area contributed by atoms with E-state index in [0.717, 1.165) is 52.1 Å². The molecule has 1 rings (SSSR count). The number of nitrogens with one attached hydrogen (secondary N) is 2. The standard InChI is InChI=1S/C14H31N5O/c1-3-9-19-10-6-13(7-11-19)17-14(18-15)16-8-5-12-20-4-2/h13H,3-12,15H2,1-2H3,(H2,16,17,18). The third-order valence-electron chi connectivity index (χ3n) is 3.53. The number of hydrogen-bond acceptors (Lipinski definition) is 4. The minimum atomic E-state index is 0.477. The summed E-state index contributed by atoms with van der Waals surface area (Å²) in [7, 11) is 0. The van der Waals surface area contributed by atoms with Crippen molar-refractivity contribution in [2.24, 2.45) is 10.8 Å². The van der Waals surface area contributed by atoms with Crippen LogP contribution in [-0.4, -0.2) is 56.3 Å². The Morgan fingerprint density at radius 3 is 2.70 bits per heavy atom. The minimum Gasteiger partial charge on any atom is -0.382 e. The van der Waals surface area contributed by atoms with Gasteiger partial charge in [-0.25, -0.2) is 5.84 Å². The maximum atomic E-state index is 5.52. The van der Waals surface area contributed by atoms with Crippen molar-refractivity contribution in [3.63, 3.8) is 0 Å². The second-order valence-electron chi connectivity index (χ2n) is 5.19. The highest BCUT2D eigenvalue weighted by Gasteiger charge is 2.18. The van der Waals surface area contributed by atoms with Crippen LogP contribution in [0.5, 0.6) is 0 Å². The van der Waals surface area contributed by atoms with Gasteiger partial charge in [0.2, 0.25) is 5.96 Å². The van der Waals surface area contributed by atoms with Gasteiger partial charge >= 0.3 is 0 Å². The van der Waals surface area contributed by atoms with Crippen LogP contribution < -0.4 is 16.6 Å². The Labute approximate surface area is 123 Å². The van der Waals surface area contributed by atoms with E-state index < -0.39 is 0 Å². The summed E-state index contributed by atoms with van der Waals surface area (Å²) in [5.74, 6) is 6.23. The van der Waals surface area contributed by atoms with Crippen LogP contribution in [0.25, 0.3) is 0 Å². The summed E-state index contributed by atoms with van der Waals surface area (Å²) in [4.78, 5) is 6.96. The molecule has 0 unspecified atom stereocenters. The number of piperidine rings is 1. The van der Waals surface area contributed by atoms with Gasteiger partial charge in [-0.05, 0) is 39.2 Å². The first kappa shape index (κ1) is 17.2. The zero-order valence-electron chi connectivity index (χ0n) is 13.0. The summed E-state index contributed by atoms with van der Waals surface area (Å²) in [5, 5.41) is 3.41. The summed E-state index contributed by atoms with van der Waals surface area (Å²) >= 11 is 0. The number of guanidine groups is 1. The quantitative estimate of drug-likeness (QED) is 0.201. The molecule has 6 heteroatoms. The number of nitrogens with zero attached hydrogens (tertiary/aromatic N) is 2. The molecule has 1 aliphatic heterocycles. The maximum absolute atomic E-state index is 5.52. The second-order valence-corrected chi connectivity index (χ2v) is 5.19. The zero-order chi connectivity index (χ0) is 14.6. The van der Waals surface area contributed by atoms with Crippen LogP contribution in [0.4, 0.5) is 0 Å². The fraction of sp³-hybridized carbons (Fsp3) is 0.929. The molecule has 0 saturated carbocycles. The van der Waals surface area contributed by atoms with Crippen molar-refractivity contribution in [1.82, 2.24) is 15.6 Å². The Morgan fingerprint density at radius 2 is 2.10 bits per heavy atom. The number of hydrazine groups is 1. The number of ether oxygens (including phenoxy) is 1. The minimum absolute atomic E-state index is 0.477. The molecule has 118 valence electrons. The summed E-state index contributed by atoms with van der Waals surface area (Å²) in [5.41, 5.74) is 2.66. The Morgan fingerprint density at radius 1 is 1.35 bits per heavy atom. The number of aliphatic imine (C=N–C) groups is 1. The van der Waals surface area contributed by atoms with Crippen molar-refractivity contribution >= 4 is 5.96 Å². The van der Waals surface area contributed by atoms with Gasteiger partial charge in [0.1, 0.15) is 0 Å². The first-order valence-corrected chi connectivity index (χ1v) is 7.87. The summed E-state index contributed by atoms with van der Waals surface area (Å²) in [6.45, 7) is 10.0. The molecule has 0 aromatic carbocycles.